The Labute approximate surface area is 152 Å². The summed E-state index contributed by atoms with van der Waals surface area (Å²) in [6.45, 7) is 1.31. The van der Waals surface area contributed by atoms with Gasteiger partial charge in [-0.25, -0.2) is 4.79 Å². The molecule has 2 aliphatic rings. The SMILES string of the molecule is CN(Cc1cccn1C)C(=O)[C@@](C)(O)CN1C(=O)NC2(CCCC2)C1=O. The van der Waals surface area contributed by atoms with E-state index in [1.807, 2.05) is 29.9 Å². The van der Waals surface area contributed by atoms with E-state index in [4.69, 9.17) is 0 Å². The van der Waals surface area contributed by atoms with Crippen molar-refractivity contribution in [2.24, 2.45) is 7.05 Å². The second-order valence-corrected chi connectivity index (χ2v) is 7.66. The first-order chi connectivity index (χ1) is 12.2. The number of β-amino-alcohol motifs (C(OH)–C–C–N with tert-alkyl or cyclic N) is 1. The summed E-state index contributed by atoms with van der Waals surface area (Å²) in [5, 5.41) is 13.5. The number of aromatic nitrogens is 1. The summed E-state index contributed by atoms with van der Waals surface area (Å²) in [7, 11) is 3.47. The number of amides is 4. The van der Waals surface area contributed by atoms with Crippen molar-refractivity contribution in [1.29, 1.82) is 0 Å². The second-order valence-electron chi connectivity index (χ2n) is 7.66. The third-order valence-corrected chi connectivity index (χ3v) is 5.43. The summed E-state index contributed by atoms with van der Waals surface area (Å²) < 4.78 is 1.89. The van der Waals surface area contributed by atoms with Crippen LogP contribution in [0.25, 0.3) is 0 Å². The molecule has 1 spiro atoms. The van der Waals surface area contributed by atoms with Crippen molar-refractivity contribution in [2.45, 2.75) is 50.3 Å². The van der Waals surface area contributed by atoms with Crippen LogP contribution < -0.4 is 5.32 Å². The molecule has 1 saturated carbocycles. The van der Waals surface area contributed by atoms with Gasteiger partial charge in [0, 0.05) is 26.0 Å². The first-order valence-electron chi connectivity index (χ1n) is 8.89. The van der Waals surface area contributed by atoms with Crippen molar-refractivity contribution in [3.8, 4) is 0 Å². The number of nitrogens with zero attached hydrogens (tertiary/aromatic N) is 3. The normalized spacial score (nSPS) is 21.2. The standard InChI is InChI=1S/C18H26N4O4/c1-17(26,14(23)21(3)11-13-7-6-10-20(13)2)12-22-15(24)18(19-16(22)25)8-4-5-9-18/h6-7,10,26H,4-5,8-9,11-12H2,1-3H3,(H,19,25)/t17-/m0/s1. The topological polar surface area (TPSA) is 94.9 Å². The van der Waals surface area contributed by atoms with Gasteiger partial charge >= 0.3 is 6.03 Å². The van der Waals surface area contributed by atoms with E-state index < -0.39 is 23.1 Å². The number of nitrogens with one attached hydrogen (secondary N) is 1. The molecule has 2 N–H and O–H groups in total. The molecule has 3 rings (SSSR count). The van der Waals surface area contributed by atoms with Gasteiger partial charge in [0.15, 0.2) is 5.60 Å². The number of aliphatic hydroxyl groups is 1. The highest BCUT2D eigenvalue weighted by Gasteiger charge is 2.54. The van der Waals surface area contributed by atoms with E-state index in [0.29, 0.717) is 19.4 Å². The highest BCUT2D eigenvalue weighted by molar-refractivity contribution is 6.07. The van der Waals surface area contributed by atoms with Crippen LogP contribution in [-0.4, -0.2) is 62.1 Å². The minimum Gasteiger partial charge on any atom is -0.378 e. The summed E-state index contributed by atoms with van der Waals surface area (Å²) in [5.74, 6) is -0.871. The maximum Gasteiger partial charge on any atom is 0.325 e. The van der Waals surface area contributed by atoms with Crippen molar-refractivity contribution in [2.75, 3.05) is 13.6 Å². The lowest BCUT2D eigenvalue weighted by molar-refractivity contribution is -0.151. The molecule has 0 bridgehead atoms. The summed E-state index contributed by atoms with van der Waals surface area (Å²) in [5.41, 5.74) is -1.78. The molecule has 2 heterocycles. The summed E-state index contributed by atoms with van der Waals surface area (Å²) in [4.78, 5) is 40.1. The molecule has 1 aromatic rings. The van der Waals surface area contributed by atoms with Crippen LogP contribution in [-0.2, 0) is 23.2 Å². The van der Waals surface area contributed by atoms with Gasteiger partial charge in [-0.3, -0.25) is 14.5 Å². The lowest BCUT2D eigenvalue weighted by Gasteiger charge is -2.31. The van der Waals surface area contributed by atoms with Crippen molar-refractivity contribution in [1.82, 2.24) is 19.7 Å². The summed E-state index contributed by atoms with van der Waals surface area (Å²) in [6.07, 6.45) is 4.86. The minimum absolute atomic E-state index is 0.322. The first kappa shape index (κ1) is 18.4. The van der Waals surface area contributed by atoms with E-state index in [0.717, 1.165) is 23.4 Å². The fourth-order valence-corrected chi connectivity index (χ4v) is 3.90. The van der Waals surface area contributed by atoms with Gasteiger partial charge in [0.05, 0.1) is 13.1 Å². The van der Waals surface area contributed by atoms with Gasteiger partial charge in [-0.2, -0.15) is 0 Å². The predicted molar refractivity (Wildman–Crippen MR) is 94.0 cm³/mol. The fourth-order valence-electron chi connectivity index (χ4n) is 3.90. The molecule has 0 unspecified atom stereocenters. The van der Waals surface area contributed by atoms with Gasteiger partial charge in [-0.1, -0.05) is 12.8 Å². The fraction of sp³-hybridized carbons (Fsp3) is 0.611. The maximum atomic E-state index is 12.7. The number of hydrogen-bond donors (Lipinski definition) is 2. The van der Waals surface area contributed by atoms with Crippen molar-refractivity contribution in [3.63, 3.8) is 0 Å². The molecule has 1 atom stereocenters. The van der Waals surface area contributed by atoms with E-state index in [-0.39, 0.29) is 12.5 Å². The monoisotopic (exact) mass is 362 g/mol. The Morgan fingerprint density at radius 2 is 2.04 bits per heavy atom. The van der Waals surface area contributed by atoms with Crippen LogP contribution >= 0.6 is 0 Å². The van der Waals surface area contributed by atoms with Crippen LogP contribution in [0, 0.1) is 0 Å². The average Bonchev–Trinajstić information content (AvgIpc) is 3.26. The highest BCUT2D eigenvalue weighted by atomic mass is 16.3. The Hall–Kier alpha value is -2.35. The Morgan fingerprint density at radius 1 is 1.38 bits per heavy atom. The Kier molecular flexibility index (Phi) is 4.56. The third-order valence-electron chi connectivity index (χ3n) is 5.43. The third kappa shape index (κ3) is 3.09. The number of rotatable bonds is 5. The average molecular weight is 362 g/mol. The molecule has 1 aliphatic carbocycles. The largest absolute Gasteiger partial charge is 0.378 e. The lowest BCUT2D eigenvalue weighted by atomic mass is 9.97. The van der Waals surface area contributed by atoms with Gasteiger partial charge in [0.25, 0.3) is 11.8 Å². The maximum absolute atomic E-state index is 12.7. The van der Waals surface area contributed by atoms with Crippen molar-refractivity contribution < 1.29 is 19.5 Å². The predicted octanol–water partition coefficient (Wildman–Crippen LogP) is 0.599. The van der Waals surface area contributed by atoms with Gasteiger partial charge in [0.2, 0.25) is 0 Å². The van der Waals surface area contributed by atoms with E-state index in [1.165, 1.54) is 11.8 Å². The van der Waals surface area contributed by atoms with Crippen LogP contribution in [0.4, 0.5) is 4.79 Å². The lowest BCUT2D eigenvalue weighted by Crippen LogP contribution is -2.54. The van der Waals surface area contributed by atoms with Gasteiger partial charge in [-0.15, -0.1) is 0 Å². The number of likely N-dealkylation sites (N-methyl/N-ethyl adjacent to an activating group) is 1. The molecule has 0 aromatic carbocycles. The number of imide groups is 1. The smallest absolute Gasteiger partial charge is 0.325 e. The zero-order valence-corrected chi connectivity index (χ0v) is 15.5. The van der Waals surface area contributed by atoms with Crippen LogP contribution in [0.2, 0.25) is 0 Å². The quantitative estimate of drug-likeness (QED) is 0.750. The number of urea groups is 1. The van der Waals surface area contributed by atoms with Gasteiger partial charge in [-0.05, 0) is 31.9 Å². The number of hydrogen-bond acceptors (Lipinski definition) is 4. The van der Waals surface area contributed by atoms with E-state index in [1.54, 1.807) is 7.05 Å². The van der Waals surface area contributed by atoms with E-state index in [2.05, 4.69) is 5.32 Å². The number of carbonyl (C=O) groups is 3. The molecule has 2 fully saturated rings. The van der Waals surface area contributed by atoms with E-state index >= 15 is 0 Å². The highest BCUT2D eigenvalue weighted by Crippen LogP contribution is 2.35. The molecule has 1 aliphatic heterocycles. The molecule has 1 aromatic heterocycles. The second kappa shape index (κ2) is 6.42. The molecule has 1 saturated heterocycles. The summed E-state index contributed by atoms with van der Waals surface area (Å²) >= 11 is 0. The zero-order chi connectivity index (χ0) is 19.1. The number of aryl methyl sites for hydroxylation is 1. The van der Waals surface area contributed by atoms with E-state index in [9.17, 15) is 19.5 Å². The molecule has 8 heteroatoms. The molecule has 142 valence electrons. The minimum atomic E-state index is -1.85. The Balaban J connectivity index is 1.69. The molecule has 0 radical (unpaired) electrons. The molecule has 8 nitrogen and oxygen atoms in total. The molecule has 26 heavy (non-hydrogen) atoms. The summed E-state index contributed by atoms with van der Waals surface area (Å²) in [6, 6.07) is 3.23. The van der Waals surface area contributed by atoms with Crippen LogP contribution in [0.1, 0.15) is 38.3 Å². The van der Waals surface area contributed by atoms with Crippen LogP contribution in [0.3, 0.4) is 0 Å². The zero-order valence-electron chi connectivity index (χ0n) is 15.5. The number of carbonyl (C=O) groups excluding carboxylic acids is 3. The van der Waals surface area contributed by atoms with Crippen molar-refractivity contribution >= 4 is 17.8 Å². The van der Waals surface area contributed by atoms with Gasteiger partial charge < -0.3 is 19.9 Å². The molecule has 4 amide bonds. The van der Waals surface area contributed by atoms with Crippen molar-refractivity contribution in [3.05, 3.63) is 24.0 Å². The molecular weight excluding hydrogens is 336 g/mol. The molecular formula is C18H26N4O4. The first-order valence-corrected chi connectivity index (χ1v) is 8.89. The Bertz CT molecular complexity index is 733. The van der Waals surface area contributed by atoms with Crippen LogP contribution in [0.5, 0.6) is 0 Å². The van der Waals surface area contributed by atoms with Gasteiger partial charge in [0.1, 0.15) is 5.54 Å². The van der Waals surface area contributed by atoms with Crippen LogP contribution in [0.15, 0.2) is 18.3 Å². The Morgan fingerprint density at radius 3 is 2.62 bits per heavy atom.